The van der Waals surface area contributed by atoms with E-state index >= 15 is 0 Å². The fourth-order valence-electron chi connectivity index (χ4n) is 11.3. The molecule has 7 fully saturated rings. The molecule has 0 aromatic rings. The summed E-state index contributed by atoms with van der Waals surface area (Å²) in [5.41, 5.74) is 0. The third-order valence-corrected chi connectivity index (χ3v) is 16.5. The maximum Gasteiger partial charge on any atom is 0.306 e. The van der Waals surface area contributed by atoms with E-state index in [-0.39, 0.29) is 37.5 Å². The molecule has 15 unspecified atom stereocenters. The van der Waals surface area contributed by atoms with E-state index in [0.717, 1.165) is 141 Å². The standard InChI is InChI=1S/C59H100O13/c1-4-7-19-28-44-49(67-44)36-51-46(69-51)30-21-13-10-16-24-33-57(60)63-40-42(65-59(62)35-26-18-12-15-23-31-47-52(70-47)37-50-45(68-50)29-20-8-5-2)41-64-58(61)34-25-17-11-14-22-32-48-54(71-48)39-56-55(72-56)38-53-43(66-53)27-9-6-3/h42-56H,4-41H2,1-3H3. The summed E-state index contributed by atoms with van der Waals surface area (Å²) in [5.74, 6) is -0.976. The van der Waals surface area contributed by atoms with Crippen LogP contribution in [0.2, 0.25) is 0 Å². The van der Waals surface area contributed by atoms with E-state index in [2.05, 4.69) is 20.8 Å². The molecule has 0 amide bonds. The molecule has 414 valence electrons. The Hall–Kier alpha value is -1.87. The number of epoxide rings is 7. The second-order valence-electron chi connectivity index (χ2n) is 23.0. The fourth-order valence-corrected chi connectivity index (χ4v) is 11.3. The van der Waals surface area contributed by atoms with Gasteiger partial charge in [0.15, 0.2) is 6.10 Å². The summed E-state index contributed by atoms with van der Waals surface area (Å²) in [6, 6.07) is 0. The van der Waals surface area contributed by atoms with E-state index in [1.54, 1.807) is 0 Å². The van der Waals surface area contributed by atoms with Gasteiger partial charge in [0.1, 0.15) is 13.2 Å². The van der Waals surface area contributed by atoms with Crippen molar-refractivity contribution in [3.63, 3.8) is 0 Å². The zero-order valence-electron chi connectivity index (χ0n) is 45.3. The number of unbranched alkanes of at least 4 members (excludes halogenated alkanes) is 17. The van der Waals surface area contributed by atoms with Crippen LogP contribution in [0.3, 0.4) is 0 Å². The average Bonchev–Trinajstić information content (AvgIpc) is 4.15. The molecule has 0 aromatic heterocycles. The van der Waals surface area contributed by atoms with Gasteiger partial charge in [-0.2, -0.15) is 0 Å². The molecule has 0 aliphatic carbocycles. The van der Waals surface area contributed by atoms with E-state index in [1.807, 2.05) is 0 Å². The summed E-state index contributed by atoms with van der Waals surface area (Å²) in [7, 11) is 0. The van der Waals surface area contributed by atoms with Crippen molar-refractivity contribution in [2.75, 3.05) is 13.2 Å². The van der Waals surface area contributed by atoms with Gasteiger partial charge in [-0.15, -0.1) is 0 Å². The first kappa shape index (κ1) is 57.8. The van der Waals surface area contributed by atoms with Crippen LogP contribution in [0.15, 0.2) is 0 Å². The molecule has 72 heavy (non-hydrogen) atoms. The fraction of sp³-hybridized carbons (Fsp3) is 0.949. The van der Waals surface area contributed by atoms with Gasteiger partial charge in [-0.05, 0) is 57.8 Å². The molecule has 0 saturated carbocycles. The van der Waals surface area contributed by atoms with E-state index in [0.29, 0.717) is 98.3 Å². The van der Waals surface area contributed by atoms with Crippen LogP contribution in [0.1, 0.15) is 252 Å². The maximum atomic E-state index is 13.0. The highest BCUT2D eigenvalue weighted by atomic mass is 16.6. The lowest BCUT2D eigenvalue weighted by Crippen LogP contribution is -2.30. The van der Waals surface area contributed by atoms with Crippen LogP contribution in [0.4, 0.5) is 0 Å². The molecule has 7 heterocycles. The van der Waals surface area contributed by atoms with Gasteiger partial charge in [0, 0.05) is 44.9 Å². The summed E-state index contributed by atoms with van der Waals surface area (Å²) >= 11 is 0. The summed E-state index contributed by atoms with van der Waals surface area (Å²) in [4.78, 5) is 38.5. The third kappa shape index (κ3) is 23.6. The third-order valence-electron chi connectivity index (χ3n) is 16.5. The minimum atomic E-state index is -0.822. The Kier molecular flexibility index (Phi) is 25.7. The molecule has 13 nitrogen and oxygen atoms in total. The molecule has 0 bridgehead atoms. The molecular weight excluding hydrogens is 917 g/mol. The van der Waals surface area contributed by atoms with Gasteiger partial charge >= 0.3 is 17.9 Å². The lowest BCUT2D eigenvalue weighted by molar-refractivity contribution is -0.167. The summed E-state index contributed by atoms with van der Waals surface area (Å²) < 4.78 is 58.2. The van der Waals surface area contributed by atoms with Gasteiger partial charge in [-0.1, -0.05) is 149 Å². The van der Waals surface area contributed by atoms with Gasteiger partial charge in [0.05, 0.1) is 85.5 Å². The van der Waals surface area contributed by atoms with Gasteiger partial charge < -0.3 is 47.4 Å². The Balaban J connectivity index is 0.685. The Labute approximate surface area is 434 Å². The van der Waals surface area contributed by atoms with Crippen molar-refractivity contribution in [2.24, 2.45) is 0 Å². The van der Waals surface area contributed by atoms with E-state index in [9.17, 15) is 14.4 Å². The maximum absolute atomic E-state index is 13.0. The topological polar surface area (TPSA) is 167 Å². The highest BCUT2D eigenvalue weighted by Gasteiger charge is 2.52. The van der Waals surface area contributed by atoms with Gasteiger partial charge in [-0.25, -0.2) is 0 Å². The molecule has 0 radical (unpaired) electrons. The number of hydrogen-bond acceptors (Lipinski definition) is 13. The summed E-state index contributed by atoms with van der Waals surface area (Å²) in [6.07, 6.45) is 41.8. The molecule has 15 atom stereocenters. The van der Waals surface area contributed by atoms with Crippen LogP contribution >= 0.6 is 0 Å². The molecule has 7 rings (SSSR count). The highest BCUT2D eigenvalue weighted by Crippen LogP contribution is 2.43. The summed E-state index contributed by atoms with van der Waals surface area (Å²) in [6.45, 7) is 6.47. The lowest BCUT2D eigenvalue weighted by atomic mass is 10.0. The van der Waals surface area contributed by atoms with Gasteiger partial charge in [-0.3, -0.25) is 14.4 Å². The van der Waals surface area contributed by atoms with Crippen LogP contribution in [0.25, 0.3) is 0 Å². The Morgan fingerprint density at radius 1 is 0.306 bits per heavy atom. The molecule has 0 N–H and O–H groups in total. The number of rotatable bonds is 48. The first-order valence-corrected chi connectivity index (χ1v) is 30.4. The lowest BCUT2D eigenvalue weighted by Gasteiger charge is -2.18. The van der Waals surface area contributed by atoms with Crippen molar-refractivity contribution in [3.8, 4) is 0 Å². The van der Waals surface area contributed by atoms with Crippen molar-refractivity contribution in [3.05, 3.63) is 0 Å². The zero-order chi connectivity index (χ0) is 50.3. The smallest absolute Gasteiger partial charge is 0.306 e. The zero-order valence-corrected chi connectivity index (χ0v) is 45.3. The monoisotopic (exact) mass is 1020 g/mol. The summed E-state index contributed by atoms with van der Waals surface area (Å²) in [5, 5.41) is 0. The Morgan fingerprint density at radius 3 is 0.889 bits per heavy atom. The predicted octanol–water partition coefficient (Wildman–Crippen LogP) is 12.5. The van der Waals surface area contributed by atoms with Crippen molar-refractivity contribution in [1.82, 2.24) is 0 Å². The van der Waals surface area contributed by atoms with Crippen molar-refractivity contribution < 1.29 is 61.8 Å². The first-order chi connectivity index (χ1) is 35.3. The molecule has 7 aliphatic heterocycles. The number of carbonyl (C=O) groups excluding carboxylic acids is 3. The second-order valence-corrected chi connectivity index (χ2v) is 23.0. The van der Waals surface area contributed by atoms with Crippen LogP contribution < -0.4 is 0 Å². The molecule has 7 saturated heterocycles. The molecular formula is C59H100O13. The van der Waals surface area contributed by atoms with Crippen molar-refractivity contribution >= 4 is 17.9 Å². The van der Waals surface area contributed by atoms with Crippen LogP contribution in [-0.4, -0.2) is 123 Å². The number of carbonyl (C=O) groups is 3. The normalized spacial score (nSPS) is 31.7. The van der Waals surface area contributed by atoms with Crippen molar-refractivity contribution in [2.45, 2.75) is 343 Å². The molecule has 0 spiro atoms. The van der Waals surface area contributed by atoms with Crippen LogP contribution in [0.5, 0.6) is 0 Å². The minimum absolute atomic E-state index is 0.114. The van der Waals surface area contributed by atoms with E-state index < -0.39 is 6.10 Å². The van der Waals surface area contributed by atoms with E-state index in [1.165, 1.54) is 70.6 Å². The van der Waals surface area contributed by atoms with Crippen LogP contribution in [-0.2, 0) is 61.8 Å². The van der Waals surface area contributed by atoms with Gasteiger partial charge in [0.2, 0.25) is 0 Å². The average molecular weight is 1020 g/mol. The largest absolute Gasteiger partial charge is 0.462 e. The number of ether oxygens (including phenoxy) is 10. The van der Waals surface area contributed by atoms with Gasteiger partial charge in [0.25, 0.3) is 0 Å². The second kappa shape index (κ2) is 32.0. The molecule has 13 heteroatoms. The Morgan fingerprint density at radius 2 is 0.556 bits per heavy atom. The molecule has 7 aliphatic rings. The highest BCUT2D eigenvalue weighted by molar-refractivity contribution is 5.71. The van der Waals surface area contributed by atoms with Crippen LogP contribution in [0, 0.1) is 0 Å². The van der Waals surface area contributed by atoms with Crippen molar-refractivity contribution in [1.29, 1.82) is 0 Å². The Bertz CT molecular complexity index is 1550. The number of esters is 3. The van der Waals surface area contributed by atoms with E-state index in [4.69, 9.17) is 47.4 Å². The quantitative estimate of drug-likeness (QED) is 0.0245. The SMILES string of the molecule is CCCCCC1OC1CC1OC1CCCCCCCC(=O)OCC(COC(=O)CCCCCCCC1OC1CC1OC1CC1OC1CCCC)OC(=O)CCCCCCCC1OC1CC1OC1CCCCC. The predicted molar refractivity (Wildman–Crippen MR) is 276 cm³/mol. The minimum Gasteiger partial charge on any atom is -0.462 e. The first-order valence-electron chi connectivity index (χ1n) is 30.4. The molecule has 0 aromatic carbocycles. The number of hydrogen-bond donors (Lipinski definition) is 0.